The number of para-hydroxylation sites is 1. The van der Waals surface area contributed by atoms with E-state index in [1.54, 1.807) is 25.3 Å². The topological polar surface area (TPSA) is 57.4 Å². The minimum atomic E-state index is 0.417. The van der Waals surface area contributed by atoms with Gasteiger partial charge in [-0.15, -0.1) is 0 Å². The average Bonchev–Trinajstić information content (AvgIpc) is 3.24. The number of benzene rings is 3. The van der Waals surface area contributed by atoms with Gasteiger partial charge in [0.05, 0.1) is 17.1 Å². The number of hydrogen-bond acceptors (Lipinski definition) is 5. The van der Waals surface area contributed by atoms with Gasteiger partial charge in [0.2, 0.25) is 5.82 Å². The first-order valence-corrected chi connectivity index (χ1v) is 9.95. The summed E-state index contributed by atoms with van der Waals surface area (Å²) in [6.07, 6.45) is 0. The molecule has 0 saturated carbocycles. The molecule has 146 valence electrons. The molecule has 0 aliphatic carbocycles. The number of methoxy groups -OCH3 is 1. The Hall–Kier alpha value is -2.83. The second kappa shape index (κ2) is 8.68. The molecule has 0 bridgehead atoms. The summed E-state index contributed by atoms with van der Waals surface area (Å²) >= 11 is 9.57. The molecular weight excluding hydrogens is 456 g/mol. The first-order valence-electron chi connectivity index (χ1n) is 8.78. The van der Waals surface area contributed by atoms with E-state index in [1.807, 2.05) is 48.5 Å². The molecule has 0 saturated heterocycles. The lowest BCUT2D eigenvalue weighted by Crippen LogP contribution is -1.95. The summed E-state index contributed by atoms with van der Waals surface area (Å²) in [5, 5.41) is 4.64. The van der Waals surface area contributed by atoms with Gasteiger partial charge in [0.25, 0.3) is 5.89 Å². The van der Waals surface area contributed by atoms with Crippen molar-refractivity contribution in [3.8, 4) is 34.3 Å². The summed E-state index contributed by atoms with van der Waals surface area (Å²) in [6.45, 7) is 0.456. The zero-order valence-electron chi connectivity index (χ0n) is 15.4. The maximum Gasteiger partial charge on any atom is 0.258 e. The number of aromatic nitrogens is 2. The number of nitrogens with zero attached hydrogens (tertiary/aromatic N) is 2. The van der Waals surface area contributed by atoms with E-state index in [1.165, 1.54) is 0 Å². The highest BCUT2D eigenvalue weighted by atomic mass is 79.9. The van der Waals surface area contributed by atoms with Crippen molar-refractivity contribution >= 4 is 27.5 Å². The standard InChI is InChI=1S/C22H16BrClN2O3/c1-27-19-11-10-16(24)12-17(19)21-25-22(29-26-21)15-8-6-14(7-9-15)13-28-20-5-3-2-4-18(20)23/h2-12H,13H2,1H3. The fourth-order valence-electron chi connectivity index (χ4n) is 2.77. The average molecular weight is 472 g/mol. The second-order valence-electron chi connectivity index (χ2n) is 6.18. The molecule has 29 heavy (non-hydrogen) atoms. The van der Waals surface area contributed by atoms with E-state index in [9.17, 15) is 0 Å². The molecule has 4 rings (SSSR count). The van der Waals surface area contributed by atoms with Crippen molar-refractivity contribution in [1.82, 2.24) is 10.1 Å². The Morgan fingerprint density at radius 2 is 1.79 bits per heavy atom. The SMILES string of the molecule is COc1ccc(Cl)cc1-c1noc(-c2ccc(COc3ccccc3Br)cc2)n1. The maximum atomic E-state index is 6.09. The summed E-state index contributed by atoms with van der Waals surface area (Å²) in [7, 11) is 1.59. The van der Waals surface area contributed by atoms with Gasteiger partial charge in [0.15, 0.2) is 0 Å². The van der Waals surface area contributed by atoms with Crippen LogP contribution in [-0.2, 0) is 6.61 Å². The monoisotopic (exact) mass is 470 g/mol. The normalized spacial score (nSPS) is 10.7. The van der Waals surface area contributed by atoms with E-state index in [4.69, 9.17) is 25.6 Å². The van der Waals surface area contributed by atoms with E-state index in [-0.39, 0.29) is 0 Å². The zero-order chi connectivity index (χ0) is 20.2. The molecular formula is C22H16BrClN2O3. The first kappa shape index (κ1) is 19.5. The van der Waals surface area contributed by atoms with Crippen LogP contribution in [0.15, 0.2) is 75.7 Å². The van der Waals surface area contributed by atoms with Crippen molar-refractivity contribution < 1.29 is 14.0 Å². The quantitative estimate of drug-likeness (QED) is 0.325. The van der Waals surface area contributed by atoms with Gasteiger partial charge in [-0.2, -0.15) is 4.98 Å². The molecule has 0 spiro atoms. The smallest absolute Gasteiger partial charge is 0.258 e. The molecule has 5 nitrogen and oxygen atoms in total. The zero-order valence-corrected chi connectivity index (χ0v) is 17.8. The Balaban J connectivity index is 1.50. The molecule has 0 aliphatic heterocycles. The first-order chi connectivity index (χ1) is 14.1. The summed E-state index contributed by atoms with van der Waals surface area (Å²) in [5.74, 6) is 2.26. The molecule has 3 aromatic carbocycles. The maximum absolute atomic E-state index is 6.09. The Morgan fingerprint density at radius 1 is 1.00 bits per heavy atom. The Labute approximate surface area is 181 Å². The molecule has 0 aliphatic rings. The van der Waals surface area contributed by atoms with Crippen LogP contribution >= 0.6 is 27.5 Å². The van der Waals surface area contributed by atoms with Crippen molar-refractivity contribution in [3.05, 3.63) is 81.8 Å². The second-order valence-corrected chi connectivity index (χ2v) is 7.47. The van der Waals surface area contributed by atoms with Gasteiger partial charge in [-0.25, -0.2) is 0 Å². The largest absolute Gasteiger partial charge is 0.496 e. The Bertz CT molecular complexity index is 1130. The van der Waals surface area contributed by atoms with Crippen LogP contribution in [0, 0.1) is 0 Å². The van der Waals surface area contributed by atoms with E-state index >= 15 is 0 Å². The summed E-state index contributed by atoms with van der Waals surface area (Å²) in [6, 6.07) is 20.8. The van der Waals surface area contributed by atoms with Gasteiger partial charge in [0, 0.05) is 10.6 Å². The van der Waals surface area contributed by atoms with E-state index in [0.29, 0.717) is 34.7 Å². The van der Waals surface area contributed by atoms with E-state index < -0.39 is 0 Å². The van der Waals surface area contributed by atoms with Crippen LogP contribution in [0.3, 0.4) is 0 Å². The summed E-state index contributed by atoms with van der Waals surface area (Å²) in [5.41, 5.74) is 2.52. The lowest BCUT2D eigenvalue weighted by Gasteiger charge is -2.08. The fraction of sp³-hybridized carbons (Fsp3) is 0.0909. The fourth-order valence-corrected chi connectivity index (χ4v) is 3.34. The van der Waals surface area contributed by atoms with Gasteiger partial charge in [0.1, 0.15) is 18.1 Å². The molecule has 0 N–H and O–H groups in total. The van der Waals surface area contributed by atoms with Gasteiger partial charge in [-0.1, -0.05) is 41.0 Å². The van der Waals surface area contributed by atoms with Crippen LogP contribution in [0.25, 0.3) is 22.8 Å². The van der Waals surface area contributed by atoms with Gasteiger partial charge in [-0.05, 0) is 64.0 Å². The third-order valence-corrected chi connectivity index (χ3v) is 5.15. The van der Waals surface area contributed by atoms with Crippen molar-refractivity contribution in [2.24, 2.45) is 0 Å². The lowest BCUT2D eigenvalue weighted by molar-refractivity contribution is 0.304. The Kier molecular flexibility index (Phi) is 5.83. The number of halogens is 2. The highest BCUT2D eigenvalue weighted by Crippen LogP contribution is 2.32. The molecule has 7 heteroatoms. The van der Waals surface area contributed by atoms with Crippen LogP contribution in [0.2, 0.25) is 5.02 Å². The Morgan fingerprint density at radius 3 is 2.55 bits per heavy atom. The molecule has 1 heterocycles. The minimum absolute atomic E-state index is 0.417. The molecule has 0 atom stereocenters. The summed E-state index contributed by atoms with van der Waals surface area (Å²) in [4.78, 5) is 4.48. The number of ether oxygens (including phenoxy) is 2. The van der Waals surface area contributed by atoms with Crippen molar-refractivity contribution in [3.63, 3.8) is 0 Å². The third kappa shape index (κ3) is 4.44. The number of rotatable bonds is 6. The molecule has 1 aromatic heterocycles. The van der Waals surface area contributed by atoms with Crippen LogP contribution in [0.4, 0.5) is 0 Å². The molecule has 4 aromatic rings. The van der Waals surface area contributed by atoms with Crippen LogP contribution in [0.5, 0.6) is 11.5 Å². The predicted octanol–water partition coefficient (Wildman–Crippen LogP) is 6.41. The number of hydrogen-bond donors (Lipinski definition) is 0. The van der Waals surface area contributed by atoms with Crippen molar-refractivity contribution in [2.75, 3.05) is 7.11 Å². The summed E-state index contributed by atoms with van der Waals surface area (Å²) < 4.78 is 17.6. The van der Waals surface area contributed by atoms with Crippen molar-refractivity contribution in [1.29, 1.82) is 0 Å². The predicted molar refractivity (Wildman–Crippen MR) is 115 cm³/mol. The highest BCUT2D eigenvalue weighted by Gasteiger charge is 2.15. The molecule has 0 unspecified atom stereocenters. The molecule has 0 fully saturated rings. The van der Waals surface area contributed by atoms with Crippen molar-refractivity contribution in [2.45, 2.75) is 6.61 Å². The van der Waals surface area contributed by atoms with Crippen LogP contribution in [0.1, 0.15) is 5.56 Å². The van der Waals surface area contributed by atoms with Gasteiger partial charge < -0.3 is 14.0 Å². The molecule has 0 radical (unpaired) electrons. The third-order valence-electron chi connectivity index (χ3n) is 4.26. The van der Waals surface area contributed by atoms with E-state index in [2.05, 4.69) is 26.1 Å². The van der Waals surface area contributed by atoms with E-state index in [0.717, 1.165) is 21.3 Å². The van der Waals surface area contributed by atoms with Gasteiger partial charge >= 0.3 is 0 Å². The van der Waals surface area contributed by atoms with Crippen LogP contribution < -0.4 is 9.47 Å². The molecule has 0 amide bonds. The lowest BCUT2D eigenvalue weighted by atomic mass is 10.1. The van der Waals surface area contributed by atoms with Crippen LogP contribution in [-0.4, -0.2) is 17.3 Å². The highest BCUT2D eigenvalue weighted by molar-refractivity contribution is 9.10. The van der Waals surface area contributed by atoms with Gasteiger partial charge in [-0.3, -0.25) is 0 Å². The minimum Gasteiger partial charge on any atom is -0.496 e.